The molecule has 0 N–H and O–H groups in total. The second-order valence-corrected chi connectivity index (χ2v) is 4.02. The molecule has 0 aromatic rings. The zero-order chi connectivity index (χ0) is 8.72. The summed E-state index contributed by atoms with van der Waals surface area (Å²) in [4.78, 5) is 11.2. The van der Waals surface area contributed by atoms with Gasteiger partial charge in [-0.2, -0.15) is 0 Å². The molecule has 66 valence electrons. The third kappa shape index (κ3) is 1.06. The summed E-state index contributed by atoms with van der Waals surface area (Å²) < 4.78 is 5.02. The van der Waals surface area contributed by atoms with Crippen LogP contribution in [0.5, 0.6) is 0 Å². The van der Waals surface area contributed by atoms with E-state index in [9.17, 15) is 4.79 Å². The Morgan fingerprint density at radius 2 is 2.17 bits per heavy atom. The van der Waals surface area contributed by atoms with E-state index in [0.29, 0.717) is 11.7 Å². The monoisotopic (exact) mass is 166 g/mol. The first-order chi connectivity index (χ1) is 5.68. The van der Waals surface area contributed by atoms with E-state index in [1.54, 1.807) is 0 Å². The lowest BCUT2D eigenvalue weighted by molar-refractivity contribution is -0.139. The van der Waals surface area contributed by atoms with Crippen molar-refractivity contribution in [2.45, 2.75) is 26.2 Å². The molecule has 2 rings (SSSR count). The summed E-state index contributed by atoms with van der Waals surface area (Å²) >= 11 is 0. The molecule has 0 aromatic carbocycles. The van der Waals surface area contributed by atoms with Gasteiger partial charge in [-0.3, -0.25) is 4.79 Å². The summed E-state index contributed by atoms with van der Waals surface area (Å²) in [5, 5.41) is 0. The van der Waals surface area contributed by atoms with Crippen LogP contribution in [-0.4, -0.2) is 5.97 Å². The molecule has 0 amide bonds. The van der Waals surface area contributed by atoms with Crippen LogP contribution in [0.3, 0.4) is 0 Å². The largest absolute Gasteiger partial charge is 0.431 e. The van der Waals surface area contributed by atoms with E-state index in [1.165, 1.54) is 0 Å². The van der Waals surface area contributed by atoms with Crippen molar-refractivity contribution in [1.82, 2.24) is 0 Å². The molecule has 1 saturated carbocycles. The standard InChI is InChI=1S/C10H14O2/c1-6-3-4-8-9(5-6)7(2)12-10(8)11/h6,8-9H,2-5H2,1H3/t6-,8+,9-/m0/s1. The highest BCUT2D eigenvalue weighted by atomic mass is 16.5. The molecule has 1 aliphatic carbocycles. The molecule has 2 nitrogen and oxygen atoms in total. The first-order valence-electron chi connectivity index (χ1n) is 4.59. The number of ether oxygens (including phenoxy) is 1. The Labute approximate surface area is 72.6 Å². The highest BCUT2D eigenvalue weighted by molar-refractivity contribution is 5.77. The van der Waals surface area contributed by atoms with E-state index >= 15 is 0 Å². The summed E-state index contributed by atoms with van der Waals surface area (Å²) in [5.74, 6) is 1.83. The summed E-state index contributed by atoms with van der Waals surface area (Å²) in [6, 6.07) is 0. The maximum atomic E-state index is 11.2. The number of cyclic esters (lactones) is 1. The summed E-state index contributed by atoms with van der Waals surface area (Å²) in [5.41, 5.74) is 0. The van der Waals surface area contributed by atoms with Crippen LogP contribution < -0.4 is 0 Å². The van der Waals surface area contributed by atoms with E-state index in [-0.39, 0.29) is 11.9 Å². The molecule has 1 heterocycles. The molecule has 1 aliphatic heterocycles. The molecule has 0 aromatic heterocycles. The average Bonchev–Trinajstić information content (AvgIpc) is 2.28. The molecule has 12 heavy (non-hydrogen) atoms. The molecular weight excluding hydrogens is 152 g/mol. The van der Waals surface area contributed by atoms with E-state index in [4.69, 9.17) is 4.74 Å². The predicted molar refractivity (Wildman–Crippen MR) is 45.2 cm³/mol. The lowest BCUT2D eigenvalue weighted by atomic mass is 9.75. The second kappa shape index (κ2) is 2.61. The first-order valence-corrected chi connectivity index (χ1v) is 4.59. The van der Waals surface area contributed by atoms with Crippen molar-refractivity contribution in [2.75, 3.05) is 0 Å². The van der Waals surface area contributed by atoms with Gasteiger partial charge in [0.05, 0.1) is 5.92 Å². The van der Waals surface area contributed by atoms with Gasteiger partial charge in [-0.15, -0.1) is 0 Å². The zero-order valence-corrected chi connectivity index (χ0v) is 7.38. The van der Waals surface area contributed by atoms with Gasteiger partial charge < -0.3 is 4.74 Å². The Hall–Kier alpha value is -0.790. The van der Waals surface area contributed by atoms with Crippen LogP contribution in [0, 0.1) is 17.8 Å². The Morgan fingerprint density at radius 3 is 2.92 bits per heavy atom. The van der Waals surface area contributed by atoms with Crippen molar-refractivity contribution < 1.29 is 9.53 Å². The highest BCUT2D eigenvalue weighted by Crippen LogP contribution is 2.43. The third-order valence-corrected chi connectivity index (χ3v) is 3.06. The maximum Gasteiger partial charge on any atom is 0.314 e. The predicted octanol–water partition coefficient (Wildman–Crippen LogP) is 2.11. The van der Waals surface area contributed by atoms with Gasteiger partial charge in [0.15, 0.2) is 0 Å². The first kappa shape index (κ1) is 7.84. The van der Waals surface area contributed by atoms with Gasteiger partial charge in [0, 0.05) is 5.92 Å². The minimum atomic E-state index is -0.0445. The molecule has 2 fully saturated rings. The maximum absolute atomic E-state index is 11.2. The van der Waals surface area contributed by atoms with E-state index in [0.717, 1.165) is 25.2 Å². The van der Waals surface area contributed by atoms with Crippen molar-refractivity contribution >= 4 is 5.97 Å². The number of allylic oxidation sites excluding steroid dienone is 1. The molecule has 0 radical (unpaired) electrons. The average molecular weight is 166 g/mol. The van der Waals surface area contributed by atoms with Gasteiger partial charge in [-0.1, -0.05) is 13.5 Å². The van der Waals surface area contributed by atoms with Crippen LogP contribution in [0.4, 0.5) is 0 Å². The van der Waals surface area contributed by atoms with Crippen LogP contribution in [0.2, 0.25) is 0 Å². The van der Waals surface area contributed by atoms with E-state index < -0.39 is 0 Å². The van der Waals surface area contributed by atoms with Crippen LogP contribution in [-0.2, 0) is 9.53 Å². The van der Waals surface area contributed by atoms with Crippen LogP contribution in [0.15, 0.2) is 12.3 Å². The Kier molecular flexibility index (Phi) is 1.71. The van der Waals surface area contributed by atoms with Crippen molar-refractivity contribution in [2.24, 2.45) is 17.8 Å². The van der Waals surface area contributed by atoms with Crippen LogP contribution in [0.1, 0.15) is 26.2 Å². The fourth-order valence-electron chi connectivity index (χ4n) is 2.30. The Balaban J connectivity index is 2.17. The highest BCUT2D eigenvalue weighted by Gasteiger charge is 2.42. The molecule has 0 spiro atoms. The quantitative estimate of drug-likeness (QED) is 0.515. The number of hydrogen-bond donors (Lipinski definition) is 0. The number of rotatable bonds is 0. The topological polar surface area (TPSA) is 26.3 Å². The number of hydrogen-bond acceptors (Lipinski definition) is 2. The summed E-state index contributed by atoms with van der Waals surface area (Å²) in [6.07, 6.45) is 3.22. The SMILES string of the molecule is C=C1OC(=O)[C@@H]2CC[C@H](C)C[C@@H]12. The van der Waals surface area contributed by atoms with Crippen molar-refractivity contribution in [1.29, 1.82) is 0 Å². The summed E-state index contributed by atoms with van der Waals surface area (Å²) in [7, 11) is 0. The molecule has 1 saturated heterocycles. The Morgan fingerprint density at radius 1 is 1.42 bits per heavy atom. The van der Waals surface area contributed by atoms with Crippen molar-refractivity contribution in [3.63, 3.8) is 0 Å². The van der Waals surface area contributed by atoms with Gasteiger partial charge in [-0.05, 0) is 25.2 Å². The fraction of sp³-hybridized carbons (Fsp3) is 0.700. The lowest BCUT2D eigenvalue weighted by Gasteiger charge is -2.25. The van der Waals surface area contributed by atoms with Crippen LogP contribution in [0.25, 0.3) is 0 Å². The third-order valence-electron chi connectivity index (χ3n) is 3.06. The number of carbonyl (C=O) groups excluding carboxylic acids is 1. The van der Waals surface area contributed by atoms with Crippen LogP contribution >= 0.6 is 0 Å². The fourth-order valence-corrected chi connectivity index (χ4v) is 2.30. The van der Waals surface area contributed by atoms with E-state index in [2.05, 4.69) is 13.5 Å². The summed E-state index contributed by atoms with van der Waals surface area (Å²) in [6.45, 7) is 6.01. The molecule has 2 heteroatoms. The molecule has 0 bridgehead atoms. The Bertz CT molecular complexity index is 232. The minimum Gasteiger partial charge on any atom is -0.431 e. The number of carbonyl (C=O) groups is 1. The van der Waals surface area contributed by atoms with E-state index in [1.807, 2.05) is 0 Å². The van der Waals surface area contributed by atoms with Gasteiger partial charge in [0.2, 0.25) is 0 Å². The minimum absolute atomic E-state index is 0.0445. The molecule has 3 atom stereocenters. The smallest absolute Gasteiger partial charge is 0.314 e. The molecule has 0 unspecified atom stereocenters. The molecular formula is C10H14O2. The van der Waals surface area contributed by atoms with Gasteiger partial charge in [0.1, 0.15) is 5.76 Å². The van der Waals surface area contributed by atoms with Gasteiger partial charge in [0.25, 0.3) is 0 Å². The number of fused-ring (bicyclic) bond motifs is 1. The normalized spacial score (nSPS) is 40.9. The lowest BCUT2D eigenvalue weighted by Crippen LogP contribution is -2.23. The van der Waals surface area contributed by atoms with Gasteiger partial charge >= 0.3 is 5.97 Å². The van der Waals surface area contributed by atoms with Crippen molar-refractivity contribution in [3.05, 3.63) is 12.3 Å². The van der Waals surface area contributed by atoms with Gasteiger partial charge in [-0.25, -0.2) is 0 Å². The molecule has 2 aliphatic rings. The number of esters is 1. The second-order valence-electron chi connectivity index (χ2n) is 4.02. The zero-order valence-electron chi connectivity index (χ0n) is 7.38. The van der Waals surface area contributed by atoms with Crippen molar-refractivity contribution in [3.8, 4) is 0 Å².